The van der Waals surface area contributed by atoms with E-state index in [-0.39, 0.29) is 12.5 Å². The maximum Gasteiger partial charge on any atom is 0.246 e. The molecule has 1 aromatic carbocycles. The summed E-state index contributed by atoms with van der Waals surface area (Å²) in [4.78, 5) is 1.60. The first-order valence-corrected chi connectivity index (χ1v) is 10.9. The van der Waals surface area contributed by atoms with Crippen molar-refractivity contribution in [3.05, 3.63) is 29.8 Å². The zero-order valence-electron chi connectivity index (χ0n) is 13.4. The second kappa shape index (κ2) is 7.68. The van der Waals surface area contributed by atoms with Crippen molar-refractivity contribution in [2.75, 3.05) is 31.1 Å². The standard InChI is InChI=1S/C16H22F2N2O2S2/c17-14-2-1-3-15(18)16(14)24(21,22)19-10-12-4-7-20(8-5-12)13-6-9-23-11-13/h1-3,12-13,19H,4-11H2/t13-/m0/s1. The van der Waals surface area contributed by atoms with E-state index < -0.39 is 26.6 Å². The van der Waals surface area contributed by atoms with E-state index >= 15 is 0 Å². The van der Waals surface area contributed by atoms with Gasteiger partial charge in [-0.3, -0.25) is 4.90 Å². The summed E-state index contributed by atoms with van der Waals surface area (Å²) in [5.74, 6) is 0.495. The van der Waals surface area contributed by atoms with Crippen LogP contribution in [0.3, 0.4) is 0 Å². The molecular weight excluding hydrogens is 354 g/mol. The molecule has 0 amide bonds. The fourth-order valence-corrected chi connectivity index (χ4v) is 5.88. The Hall–Kier alpha value is -0.700. The highest BCUT2D eigenvalue weighted by Crippen LogP contribution is 2.27. The maximum atomic E-state index is 13.7. The van der Waals surface area contributed by atoms with Crippen LogP contribution in [0.2, 0.25) is 0 Å². The number of benzene rings is 1. The lowest BCUT2D eigenvalue weighted by Gasteiger charge is -2.35. The summed E-state index contributed by atoms with van der Waals surface area (Å²) in [7, 11) is -4.17. The Morgan fingerprint density at radius 3 is 2.42 bits per heavy atom. The summed E-state index contributed by atoms with van der Waals surface area (Å²) in [5, 5.41) is 0. The Morgan fingerprint density at radius 1 is 1.17 bits per heavy atom. The number of likely N-dealkylation sites (tertiary alicyclic amines) is 1. The van der Waals surface area contributed by atoms with Crippen LogP contribution in [-0.4, -0.2) is 50.5 Å². The van der Waals surface area contributed by atoms with Gasteiger partial charge in [0.15, 0.2) is 4.90 Å². The van der Waals surface area contributed by atoms with Gasteiger partial charge in [0.25, 0.3) is 0 Å². The van der Waals surface area contributed by atoms with Crippen LogP contribution >= 0.6 is 11.8 Å². The molecule has 1 atom stereocenters. The van der Waals surface area contributed by atoms with E-state index in [9.17, 15) is 17.2 Å². The van der Waals surface area contributed by atoms with Crippen LogP contribution in [0.4, 0.5) is 8.78 Å². The Kier molecular flexibility index (Phi) is 5.79. The van der Waals surface area contributed by atoms with E-state index in [1.165, 1.54) is 17.9 Å². The van der Waals surface area contributed by atoms with Gasteiger partial charge in [-0.05, 0) is 56.2 Å². The van der Waals surface area contributed by atoms with E-state index in [1.807, 2.05) is 11.8 Å². The average molecular weight is 376 g/mol. The molecule has 8 heteroatoms. The molecule has 0 radical (unpaired) electrons. The Morgan fingerprint density at radius 2 is 1.83 bits per heavy atom. The van der Waals surface area contributed by atoms with Gasteiger partial charge in [-0.1, -0.05) is 6.07 Å². The van der Waals surface area contributed by atoms with Crippen molar-refractivity contribution in [2.45, 2.75) is 30.2 Å². The van der Waals surface area contributed by atoms with E-state index in [2.05, 4.69) is 9.62 Å². The molecule has 0 aliphatic carbocycles. The van der Waals surface area contributed by atoms with Crippen molar-refractivity contribution in [3.63, 3.8) is 0 Å². The van der Waals surface area contributed by atoms with Crippen LogP contribution in [0.15, 0.2) is 23.1 Å². The quantitative estimate of drug-likeness (QED) is 0.858. The zero-order valence-corrected chi connectivity index (χ0v) is 15.0. The molecule has 4 nitrogen and oxygen atoms in total. The molecule has 2 heterocycles. The molecule has 2 aliphatic heterocycles. The van der Waals surface area contributed by atoms with E-state index in [4.69, 9.17) is 0 Å². The number of hydrogen-bond donors (Lipinski definition) is 1. The summed E-state index contributed by atoms with van der Waals surface area (Å²) in [6.45, 7) is 2.15. The number of nitrogens with one attached hydrogen (secondary N) is 1. The predicted molar refractivity (Wildman–Crippen MR) is 91.6 cm³/mol. The van der Waals surface area contributed by atoms with Gasteiger partial charge in [0.05, 0.1) is 0 Å². The van der Waals surface area contributed by atoms with Gasteiger partial charge in [0.1, 0.15) is 11.6 Å². The largest absolute Gasteiger partial charge is 0.300 e. The van der Waals surface area contributed by atoms with Crippen LogP contribution < -0.4 is 4.72 Å². The number of rotatable bonds is 5. The Labute approximate surface area is 146 Å². The zero-order chi connectivity index (χ0) is 17.2. The second-order valence-electron chi connectivity index (χ2n) is 6.40. The molecule has 2 aliphatic rings. The van der Waals surface area contributed by atoms with Crippen molar-refractivity contribution in [1.82, 2.24) is 9.62 Å². The fraction of sp³-hybridized carbons (Fsp3) is 0.625. The third-order valence-electron chi connectivity index (χ3n) is 4.82. The van der Waals surface area contributed by atoms with Crippen LogP contribution in [0, 0.1) is 17.6 Å². The van der Waals surface area contributed by atoms with Crippen molar-refractivity contribution < 1.29 is 17.2 Å². The molecule has 24 heavy (non-hydrogen) atoms. The predicted octanol–water partition coefficient (Wildman–Crippen LogP) is 2.46. The van der Waals surface area contributed by atoms with Crippen molar-refractivity contribution >= 4 is 21.8 Å². The lowest BCUT2D eigenvalue weighted by Crippen LogP contribution is -2.43. The van der Waals surface area contributed by atoms with Crippen LogP contribution in [0.5, 0.6) is 0 Å². The fourth-order valence-electron chi connectivity index (χ4n) is 3.37. The van der Waals surface area contributed by atoms with Crippen molar-refractivity contribution in [2.24, 2.45) is 5.92 Å². The number of halogens is 2. The Balaban J connectivity index is 1.54. The molecule has 134 valence electrons. The summed E-state index contributed by atoms with van der Waals surface area (Å²) >= 11 is 1.99. The van der Waals surface area contributed by atoms with Crippen LogP contribution in [-0.2, 0) is 10.0 Å². The first-order chi connectivity index (χ1) is 11.5. The topological polar surface area (TPSA) is 49.4 Å². The first-order valence-electron chi connectivity index (χ1n) is 8.23. The third kappa shape index (κ3) is 4.09. The van der Waals surface area contributed by atoms with E-state index in [1.54, 1.807) is 0 Å². The molecule has 3 rings (SSSR count). The van der Waals surface area contributed by atoms with Crippen molar-refractivity contribution in [1.29, 1.82) is 0 Å². The van der Waals surface area contributed by atoms with Gasteiger partial charge in [0, 0.05) is 18.3 Å². The number of nitrogens with zero attached hydrogens (tertiary/aromatic N) is 1. The molecule has 2 saturated heterocycles. The first kappa shape index (κ1) is 18.1. The van der Waals surface area contributed by atoms with Gasteiger partial charge in [-0.2, -0.15) is 11.8 Å². The molecule has 0 saturated carbocycles. The second-order valence-corrected chi connectivity index (χ2v) is 9.25. The van der Waals surface area contributed by atoms with Gasteiger partial charge >= 0.3 is 0 Å². The highest BCUT2D eigenvalue weighted by molar-refractivity contribution is 7.99. The lowest BCUT2D eigenvalue weighted by atomic mass is 9.96. The maximum absolute atomic E-state index is 13.7. The van der Waals surface area contributed by atoms with Gasteiger partial charge in [0.2, 0.25) is 10.0 Å². The molecular formula is C16H22F2N2O2S2. The smallest absolute Gasteiger partial charge is 0.246 e. The van der Waals surface area contributed by atoms with E-state index in [0.29, 0.717) is 6.04 Å². The van der Waals surface area contributed by atoms with Gasteiger partial charge < -0.3 is 0 Å². The summed E-state index contributed by atoms with van der Waals surface area (Å²) in [6, 6.07) is 3.71. The van der Waals surface area contributed by atoms with Gasteiger partial charge in [-0.15, -0.1) is 0 Å². The van der Waals surface area contributed by atoms with Crippen molar-refractivity contribution in [3.8, 4) is 0 Å². The lowest BCUT2D eigenvalue weighted by molar-refractivity contribution is 0.145. The number of sulfonamides is 1. The third-order valence-corrected chi connectivity index (χ3v) is 7.44. The molecule has 1 N–H and O–H groups in total. The normalized spacial score (nSPS) is 23.7. The summed E-state index contributed by atoms with van der Waals surface area (Å²) < 4.78 is 54.1. The molecule has 0 bridgehead atoms. The van der Waals surface area contributed by atoms with Crippen LogP contribution in [0.1, 0.15) is 19.3 Å². The minimum absolute atomic E-state index is 0.208. The summed E-state index contributed by atoms with van der Waals surface area (Å²) in [5.41, 5.74) is 0. The number of piperidine rings is 1. The Bertz CT molecular complexity index is 650. The molecule has 1 aromatic rings. The molecule has 0 spiro atoms. The number of thioether (sulfide) groups is 1. The highest BCUT2D eigenvalue weighted by Gasteiger charge is 2.29. The molecule has 2 fully saturated rings. The minimum Gasteiger partial charge on any atom is -0.300 e. The minimum atomic E-state index is -4.17. The van der Waals surface area contributed by atoms with E-state index in [0.717, 1.165) is 44.1 Å². The average Bonchev–Trinajstić information content (AvgIpc) is 3.07. The number of hydrogen-bond acceptors (Lipinski definition) is 4. The molecule has 0 unspecified atom stereocenters. The monoisotopic (exact) mass is 376 g/mol. The SMILES string of the molecule is O=S(=O)(NCC1CCN([C@H]2CCSC2)CC1)c1c(F)cccc1F. The highest BCUT2D eigenvalue weighted by atomic mass is 32.2. The van der Waals surface area contributed by atoms with Gasteiger partial charge in [-0.25, -0.2) is 21.9 Å². The summed E-state index contributed by atoms with van der Waals surface area (Å²) in [6.07, 6.45) is 3.04. The van der Waals surface area contributed by atoms with Crippen LogP contribution in [0.25, 0.3) is 0 Å². The molecule has 0 aromatic heterocycles.